The SMILES string of the molecule is CCC(C)C(NC(=O)C(N)CCSC)C(=O)NCC(=O)NC(C)C(=O)O. The fraction of sp³-hybridized carbons (Fsp3) is 0.750. The highest BCUT2D eigenvalue weighted by Gasteiger charge is 2.28. The number of carbonyl (C=O) groups excluding carboxylic acids is 3. The second-order valence-corrected chi connectivity index (χ2v) is 7.09. The summed E-state index contributed by atoms with van der Waals surface area (Å²) in [5, 5.41) is 16.1. The maximum absolute atomic E-state index is 12.4. The molecule has 3 amide bonds. The minimum atomic E-state index is -1.17. The molecule has 0 fully saturated rings. The molecule has 9 nitrogen and oxygen atoms in total. The van der Waals surface area contributed by atoms with Crippen molar-refractivity contribution < 1.29 is 24.3 Å². The third-order valence-corrected chi connectivity index (χ3v) is 4.58. The lowest BCUT2D eigenvalue weighted by Crippen LogP contribution is -2.55. The largest absolute Gasteiger partial charge is 0.480 e. The number of carbonyl (C=O) groups is 4. The summed E-state index contributed by atoms with van der Waals surface area (Å²) in [5.74, 6) is -2.15. The first kappa shape index (κ1) is 24.2. The van der Waals surface area contributed by atoms with Crippen LogP contribution in [0.15, 0.2) is 0 Å². The number of carboxylic acids is 1. The number of nitrogens with two attached hydrogens (primary N) is 1. The Bertz CT molecular complexity index is 503. The third-order valence-electron chi connectivity index (χ3n) is 3.93. The maximum atomic E-state index is 12.4. The van der Waals surface area contributed by atoms with Crippen LogP contribution in [-0.4, -0.2) is 65.5 Å². The van der Waals surface area contributed by atoms with Crippen molar-refractivity contribution in [3.05, 3.63) is 0 Å². The van der Waals surface area contributed by atoms with Crippen molar-refractivity contribution in [1.82, 2.24) is 16.0 Å². The first-order chi connectivity index (χ1) is 12.1. The molecule has 0 aromatic carbocycles. The molecular formula is C16H30N4O5S. The van der Waals surface area contributed by atoms with E-state index in [9.17, 15) is 19.2 Å². The number of aliphatic carboxylic acids is 1. The fourth-order valence-electron chi connectivity index (χ4n) is 1.97. The molecule has 0 radical (unpaired) electrons. The van der Waals surface area contributed by atoms with Gasteiger partial charge in [0.1, 0.15) is 12.1 Å². The standard InChI is InChI=1S/C16H30N4O5S/c1-5-9(2)13(20-14(22)11(17)6-7-26-4)15(23)18-8-12(21)19-10(3)16(24)25/h9-11,13H,5-8,17H2,1-4H3,(H,18,23)(H,19,21)(H,20,22)(H,24,25). The predicted molar refractivity (Wildman–Crippen MR) is 101 cm³/mol. The van der Waals surface area contributed by atoms with E-state index in [-0.39, 0.29) is 12.5 Å². The summed E-state index contributed by atoms with van der Waals surface area (Å²) in [7, 11) is 0. The number of rotatable bonds is 12. The number of hydrogen-bond acceptors (Lipinski definition) is 6. The Kier molecular flexibility index (Phi) is 11.7. The molecule has 0 aromatic rings. The Morgan fingerprint density at radius 1 is 1.12 bits per heavy atom. The molecule has 0 aliphatic rings. The monoisotopic (exact) mass is 390 g/mol. The molecule has 10 heteroatoms. The summed E-state index contributed by atoms with van der Waals surface area (Å²) in [6.45, 7) is 4.63. The van der Waals surface area contributed by atoms with E-state index in [4.69, 9.17) is 10.8 Å². The molecule has 4 atom stereocenters. The summed E-state index contributed by atoms with van der Waals surface area (Å²) in [4.78, 5) is 46.9. The second-order valence-electron chi connectivity index (χ2n) is 6.11. The van der Waals surface area contributed by atoms with Gasteiger partial charge in [-0.3, -0.25) is 19.2 Å². The van der Waals surface area contributed by atoms with Crippen molar-refractivity contribution >= 4 is 35.5 Å². The van der Waals surface area contributed by atoms with Gasteiger partial charge in [-0.2, -0.15) is 11.8 Å². The predicted octanol–water partition coefficient (Wildman–Crippen LogP) is -0.697. The molecule has 150 valence electrons. The molecule has 0 aromatic heterocycles. The highest BCUT2D eigenvalue weighted by Crippen LogP contribution is 2.09. The molecule has 0 spiro atoms. The van der Waals surface area contributed by atoms with Crippen LogP contribution >= 0.6 is 11.8 Å². The number of amides is 3. The van der Waals surface area contributed by atoms with Gasteiger partial charge >= 0.3 is 5.97 Å². The van der Waals surface area contributed by atoms with E-state index in [0.29, 0.717) is 12.8 Å². The first-order valence-corrected chi connectivity index (χ1v) is 9.88. The Morgan fingerprint density at radius 2 is 1.73 bits per heavy atom. The van der Waals surface area contributed by atoms with Crippen molar-refractivity contribution in [2.24, 2.45) is 11.7 Å². The van der Waals surface area contributed by atoms with Crippen LogP contribution in [0.2, 0.25) is 0 Å². The summed E-state index contributed by atoms with van der Waals surface area (Å²) < 4.78 is 0. The zero-order valence-corrected chi connectivity index (χ0v) is 16.5. The molecule has 0 rings (SSSR count). The average molecular weight is 391 g/mol. The zero-order valence-electron chi connectivity index (χ0n) is 15.7. The zero-order chi connectivity index (χ0) is 20.3. The van der Waals surface area contributed by atoms with Crippen LogP contribution < -0.4 is 21.7 Å². The van der Waals surface area contributed by atoms with Crippen molar-refractivity contribution in [3.63, 3.8) is 0 Å². The summed E-state index contributed by atoms with van der Waals surface area (Å²) in [5.41, 5.74) is 5.82. The van der Waals surface area contributed by atoms with E-state index < -0.39 is 41.8 Å². The first-order valence-electron chi connectivity index (χ1n) is 8.48. The van der Waals surface area contributed by atoms with Gasteiger partial charge in [0.25, 0.3) is 0 Å². The van der Waals surface area contributed by atoms with E-state index in [1.807, 2.05) is 20.1 Å². The lowest BCUT2D eigenvalue weighted by molar-refractivity contribution is -0.141. The summed E-state index contributed by atoms with van der Waals surface area (Å²) in [6, 6.07) is -2.59. The lowest BCUT2D eigenvalue weighted by atomic mass is 9.97. The average Bonchev–Trinajstić information content (AvgIpc) is 2.60. The molecule has 0 aliphatic heterocycles. The minimum absolute atomic E-state index is 0.160. The van der Waals surface area contributed by atoms with E-state index in [2.05, 4.69) is 16.0 Å². The van der Waals surface area contributed by atoms with E-state index in [1.54, 1.807) is 11.8 Å². The van der Waals surface area contributed by atoms with Crippen molar-refractivity contribution in [2.75, 3.05) is 18.6 Å². The fourth-order valence-corrected chi connectivity index (χ4v) is 2.46. The van der Waals surface area contributed by atoms with Crippen LogP contribution in [0.1, 0.15) is 33.6 Å². The molecule has 4 unspecified atom stereocenters. The number of carboxylic acid groups (broad SMARTS) is 1. The van der Waals surface area contributed by atoms with Gasteiger partial charge in [0, 0.05) is 0 Å². The van der Waals surface area contributed by atoms with Crippen molar-refractivity contribution in [2.45, 2.75) is 51.7 Å². The third kappa shape index (κ3) is 9.04. The Balaban J connectivity index is 4.72. The van der Waals surface area contributed by atoms with Gasteiger partial charge in [0.2, 0.25) is 17.7 Å². The highest BCUT2D eigenvalue weighted by atomic mass is 32.2. The van der Waals surface area contributed by atoms with E-state index in [0.717, 1.165) is 5.75 Å². The quantitative estimate of drug-likeness (QED) is 0.296. The summed E-state index contributed by atoms with van der Waals surface area (Å²) in [6.07, 6.45) is 3.05. The van der Waals surface area contributed by atoms with Crippen LogP contribution in [0.4, 0.5) is 0 Å². The highest BCUT2D eigenvalue weighted by molar-refractivity contribution is 7.98. The molecule has 0 aliphatic carbocycles. The van der Waals surface area contributed by atoms with Crippen LogP contribution in [0.25, 0.3) is 0 Å². The molecule has 0 bridgehead atoms. The molecule has 0 saturated heterocycles. The van der Waals surface area contributed by atoms with Crippen molar-refractivity contribution in [1.29, 1.82) is 0 Å². The number of nitrogens with one attached hydrogen (secondary N) is 3. The van der Waals surface area contributed by atoms with Crippen LogP contribution in [0, 0.1) is 5.92 Å². The van der Waals surface area contributed by atoms with E-state index >= 15 is 0 Å². The normalized spacial score (nSPS) is 15.3. The second kappa shape index (κ2) is 12.5. The summed E-state index contributed by atoms with van der Waals surface area (Å²) >= 11 is 1.58. The Morgan fingerprint density at radius 3 is 2.23 bits per heavy atom. The van der Waals surface area contributed by atoms with Gasteiger partial charge in [0.15, 0.2) is 0 Å². The Labute approximate surface area is 158 Å². The minimum Gasteiger partial charge on any atom is -0.480 e. The van der Waals surface area contributed by atoms with Crippen LogP contribution in [0.3, 0.4) is 0 Å². The van der Waals surface area contributed by atoms with Crippen LogP contribution in [0.5, 0.6) is 0 Å². The van der Waals surface area contributed by atoms with Crippen LogP contribution in [-0.2, 0) is 19.2 Å². The molecule has 0 heterocycles. The Hall–Kier alpha value is -1.81. The molecular weight excluding hydrogens is 360 g/mol. The van der Waals surface area contributed by atoms with Gasteiger partial charge in [-0.1, -0.05) is 20.3 Å². The topological polar surface area (TPSA) is 151 Å². The molecule has 26 heavy (non-hydrogen) atoms. The lowest BCUT2D eigenvalue weighted by Gasteiger charge is -2.25. The number of thioether (sulfide) groups is 1. The van der Waals surface area contributed by atoms with E-state index in [1.165, 1.54) is 6.92 Å². The molecule has 0 saturated carbocycles. The van der Waals surface area contributed by atoms with Gasteiger partial charge < -0.3 is 26.8 Å². The van der Waals surface area contributed by atoms with Gasteiger partial charge in [-0.15, -0.1) is 0 Å². The number of hydrogen-bond donors (Lipinski definition) is 5. The van der Waals surface area contributed by atoms with Gasteiger partial charge in [0.05, 0.1) is 12.6 Å². The van der Waals surface area contributed by atoms with Gasteiger partial charge in [-0.05, 0) is 31.3 Å². The van der Waals surface area contributed by atoms with Gasteiger partial charge in [-0.25, -0.2) is 0 Å². The smallest absolute Gasteiger partial charge is 0.325 e. The maximum Gasteiger partial charge on any atom is 0.325 e. The molecule has 6 N–H and O–H groups in total. The van der Waals surface area contributed by atoms with Crippen molar-refractivity contribution in [3.8, 4) is 0 Å².